The molecule has 0 aromatic rings. The van der Waals surface area contributed by atoms with Crippen LogP contribution in [0.4, 0.5) is 0 Å². The Labute approximate surface area is 157 Å². The summed E-state index contributed by atoms with van der Waals surface area (Å²) in [4.78, 5) is 0. The second kappa shape index (κ2) is 7.55. The molecule has 0 radical (unpaired) electrons. The van der Waals surface area contributed by atoms with Gasteiger partial charge in [0.1, 0.15) is 0 Å². The topological polar surface area (TPSA) is 0 Å². The summed E-state index contributed by atoms with van der Waals surface area (Å²) in [5, 5.41) is 5.16. The molecule has 0 aliphatic carbocycles. The third-order valence-corrected chi connectivity index (χ3v) is 17.8. The van der Waals surface area contributed by atoms with Crippen LogP contribution in [-0.4, -0.2) is 103 Å². The van der Waals surface area contributed by atoms with E-state index in [1.807, 2.05) is 7.10 Å². The Balaban J connectivity index is 1.41. The first-order valence-corrected chi connectivity index (χ1v) is 15.1. The van der Waals surface area contributed by atoms with Gasteiger partial charge in [0, 0.05) is 0 Å². The fraction of sp³-hybridized carbons (Fsp3) is 0.833. The second-order valence-corrected chi connectivity index (χ2v) is 16.9. The SMILES string of the molecule is [Te]=C(CC1CS1)C1C[Se]C(C(=[Te])CC2CS2)[Se]C1. The predicted molar refractivity (Wildman–Crippen MR) is 91.6 cm³/mol. The Hall–Kier alpha value is 3.06. The summed E-state index contributed by atoms with van der Waals surface area (Å²) in [7, 11) is 0. The molecule has 0 bridgehead atoms. The van der Waals surface area contributed by atoms with E-state index in [0.717, 1.165) is 50.0 Å². The van der Waals surface area contributed by atoms with Crippen LogP contribution in [0.1, 0.15) is 12.8 Å². The van der Waals surface area contributed by atoms with Gasteiger partial charge >= 0.3 is 159 Å². The summed E-state index contributed by atoms with van der Waals surface area (Å²) in [5.74, 6) is 3.91. The average molecular weight is 638 g/mol. The molecule has 0 nitrogen and oxygen atoms in total. The molecule has 3 heterocycles. The van der Waals surface area contributed by atoms with E-state index in [0.29, 0.717) is 0 Å². The Kier molecular flexibility index (Phi) is 6.69. The molecule has 6 heteroatoms. The van der Waals surface area contributed by atoms with Crippen LogP contribution in [0.25, 0.3) is 0 Å². The van der Waals surface area contributed by atoms with Gasteiger partial charge in [0.05, 0.1) is 0 Å². The van der Waals surface area contributed by atoms with Gasteiger partial charge in [-0.25, -0.2) is 0 Å². The van der Waals surface area contributed by atoms with Crippen molar-refractivity contribution in [3.05, 3.63) is 0 Å². The monoisotopic (exact) mass is 644 g/mol. The van der Waals surface area contributed by atoms with Crippen LogP contribution in [0.15, 0.2) is 0 Å². The summed E-state index contributed by atoms with van der Waals surface area (Å²) >= 11 is 10.9. The first-order chi connectivity index (χ1) is 8.72. The summed E-state index contributed by atoms with van der Waals surface area (Å²) in [6.45, 7) is 0. The van der Waals surface area contributed by atoms with Crippen LogP contribution >= 0.6 is 23.5 Å². The zero-order chi connectivity index (χ0) is 12.5. The van der Waals surface area contributed by atoms with Crippen molar-refractivity contribution < 1.29 is 0 Å². The van der Waals surface area contributed by atoms with E-state index in [1.54, 1.807) is 10.6 Å². The molecule has 100 valence electrons. The Morgan fingerprint density at radius 2 is 1.44 bits per heavy atom. The molecular formula is C12H16S2Se2Te2. The fourth-order valence-corrected chi connectivity index (χ4v) is 16.8. The zero-order valence-corrected chi connectivity index (χ0v) is 19.7. The van der Waals surface area contributed by atoms with E-state index < -0.39 is 0 Å². The van der Waals surface area contributed by atoms with E-state index in [9.17, 15) is 0 Å². The Morgan fingerprint density at radius 1 is 0.944 bits per heavy atom. The number of hydrogen-bond acceptors (Lipinski definition) is 2. The summed E-state index contributed by atoms with van der Waals surface area (Å²) in [5.41, 5.74) is 0. The van der Waals surface area contributed by atoms with Crippen molar-refractivity contribution in [3.63, 3.8) is 0 Å². The Bertz CT molecular complexity index is 314. The summed E-state index contributed by atoms with van der Waals surface area (Å²) < 4.78 is 4.84. The molecule has 3 rings (SSSR count). The van der Waals surface area contributed by atoms with Gasteiger partial charge in [-0.05, 0) is 0 Å². The maximum absolute atomic E-state index is 2.39. The van der Waals surface area contributed by atoms with Crippen LogP contribution in [0.5, 0.6) is 0 Å². The molecule has 2 unspecified atom stereocenters. The normalized spacial score (nSPS) is 38.2. The average Bonchev–Trinajstić information content (AvgIpc) is 3.25. The van der Waals surface area contributed by atoms with Crippen molar-refractivity contribution in [1.29, 1.82) is 0 Å². The molecule has 3 fully saturated rings. The fourth-order valence-electron chi connectivity index (χ4n) is 1.96. The first-order valence-electron chi connectivity index (χ1n) is 6.24. The van der Waals surface area contributed by atoms with Crippen molar-refractivity contribution in [1.82, 2.24) is 0 Å². The van der Waals surface area contributed by atoms with Gasteiger partial charge in [-0.2, -0.15) is 0 Å². The number of hydrogen-bond donors (Lipinski definition) is 0. The van der Waals surface area contributed by atoms with Gasteiger partial charge in [-0.15, -0.1) is 0 Å². The van der Waals surface area contributed by atoms with Crippen LogP contribution in [0, 0.1) is 5.92 Å². The van der Waals surface area contributed by atoms with Crippen molar-refractivity contribution in [2.24, 2.45) is 5.92 Å². The third kappa shape index (κ3) is 5.06. The molecule has 0 aromatic heterocycles. The summed E-state index contributed by atoms with van der Waals surface area (Å²) in [6.07, 6.45) is 2.90. The maximum atomic E-state index is 2.39. The van der Waals surface area contributed by atoms with E-state index >= 15 is 0 Å². The summed E-state index contributed by atoms with van der Waals surface area (Å²) in [6, 6.07) is 0. The van der Waals surface area contributed by atoms with E-state index in [2.05, 4.69) is 67.2 Å². The van der Waals surface area contributed by atoms with Crippen LogP contribution in [-0.2, 0) is 0 Å². The molecule has 2 atom stereocenters. The van der Waals surface area contributed by atoms with E-state index in [4.69, 9.17) is 0 Å². The number of thioether (sulfide) groups is 2. The first kappa shape index (κ1) is 15.9. The van der Waals surface area contributed by atoms with Crippen LogP contribution < -0.4 is 0 Å². The zero-order valence-electron chi connectivity index (χ0n) is 10.0. The van der Waals surface area contributed by atoms with Gasteiger partial charge in [-0.1, -0.05) is 0 Å². The van der Waals surface area contributed by atoms with E-state index in [1.165, 1.54) is 24.3 Å². The van der Waals surface area contributed by atoms with Crippen LogP contribution in [0.3, 0.4) is 0 Å². The molecule has 0 spiro atoms. The van der Waals surface area contributed by atoms with Gasteiger partial charge in [0.2, 0.25) is 0 Å². The second-order valence-electron chi connectivity index (χ2n) is 4.95. The molecule has 3 saturated heterocycles. The quantitative estimate of drug-likeness (QED) is 0.319. The van der Waals surface area contributed by atoms with Gasteiger partial charge in [0.15, 0.2) is 0 Å². The molecule has 3 aliphatic rings. The minimum atomic E-state index is 0.925. The predicted octanol–water partition coefficient (Wildman–Crippen LogP) is 1.30. The molecule has 0 aromatic carbocycles. The van der Waals surface area contributed by atoms with Crippen LogP contribution in [0.2, 0.25) is 14.4 Å². The molecular weight excluding hydrogens is 621 g/mol. The van der Waals surface area contributed by atoms with Gasteiger partial charge in [0.25, 0.3) is 0 Å². The minimum absolute atomic E-state index is 0.925. The molecule has 0 amide bonds. The van der Waals surface area contributed by atoms with Gasteiger partial charge < -0.3 is 0 Å². The standard InChI is InChI=1S/C12H16S2Se2Te2/c17-10(1-8-3-13-8)7-5-15-12(16-6-7)11(18)2-9-4-14-9/h7-9,12H,1-6H2. The van der Waals surface area contributed by atoms with Crippen molar-refractivity contribution in [2.45, 2.75) is 37.7 Å². The molecule has 0 N–H and O–H groups in total. The Morgan fingerprint density at radius 3 is 1.94 bits per heavy atom. The third-order valence-electron chi connectivity index (χ3n) is 3.28. The van der Waals surface area contributed by atoms with Crippen molar-refractivity contribution >= 4 is 104 Å². The number of rotatable bonds is 6. The van der Waals surface area contributed by atoms with E-state index in [-0.39, 0.29) is 0 Å². The van der Waals surface area contributed by atoms with Gasteiger partial charge in [-0.3, -0.25) is 0 Å². The molecule has 0 saturated carbocycles. The molecule has 3 aliphatic heterocycles. The van der Waals surface area contributed by atoms with Crippen molar-refractivity contribution in [3.8, 4) is 0 Å². The molecule has 18 heavy (non-hydrogen) atoms. The van der Waals surface area contributed by atoms with Crippen molar-refractivity contribution in [2.75, 3.05) is 11.5 Å².